The van der Waals surface area contributed by atoms with Crippen molar-refractivity contribution in [3.63, 3.8) is 0 Å². The molecular formula is C24H30ClN7O4S. The summed E-state index contributed by atoms with van der Waals surface area (Å²) in [6.07, 6.45) is 2.92. The molecule has 0 saturated heterocycles. The fraction of sp³-hybridized carbons (Fsp3) is 0.458. The lowest BCUT2D eigenvalue weighted by Gasteiger charge is -2.22. The largest absolute Gasteiger partial charge is 0.382 e. The second-order valence-electron chi connectivity index (χ2n) is 8.92. The molecule has 0 saturated carbocycles. The monoisotopic (exact) mass is 547 g/mol. The van der Waals surface area contributed by atoms with Crippen LogP contribution < -0.4 is 0 Å². The first kappa shape index (κ1) is 27.1. The van der Waals surface area contributed by atoms with Gasteiger partial charge in [0.25, 0.3) is 0 Å². The van der Waals surface area contributed by atoms with Crippen molar-refractivity contribution in [1.29, 1.82) is 0 Å². The van der Waals surface area contributed by atoms with E-state index in [2.05, 4.69) is 25.3 Å². The van der Waals surface area contributed by atoms with E-state index in [9.17, 15) is 8.42 Å². The Labute approximate surface area is 220 Å². The van der Waals surface area contributed by atoms with Gasteiger partial charge in [-0.05, 0) is 13.0 Å². The van der Waals surface area contributed by atoms with Crippen LogP contribution in [0.1, 0.15) is 37.5 Å². The summed E-state index contributed by atoms with van der Waals surface area (Å²) in [4.78, 5) is 8.41. The lowest BCUT2D eigenvalue weighted by Crippen LogP contribution is -2.29. The summed E-state index contributed by atoms with van der Waals surface area (Å²) in [6, 6.07) is 7.38. The number of aryl methyl sites for hydroxylation is 1. The summed E-state index contributed by atoms with van der Waals surface area (Å²) >= 11 is 5.89. The van der Waals surface area contributed by atoms with Crippen LogP contribution in [0.25, 0.3) is 22.4 Å². The van der Waals surface area contributed by atoms with Crippen molar-refractivity contribution in [2.45, 2.75) is 36.8 Å². The van der Waals surface area contributed by atoms with Crippen LogP contribution in [0.2, 0.25) is 5.02 Å². The third-order valence-corrected chi connectivity index (χ3v) is 8.86. The molecule has 0 aliphatic rings. The second kappa shape index (κ2) is 11.2. The van der Waals surface area contributed by atoms with Crippen molar-refractivity contribution in [1.82, 2.24) is 34.5 Å². The van der Waals surface area contributed by atoms with E-state index in [-0.39, 0.29) is 30.8 Å². The van der Waals surface area contributed by atoms with Gasteiger partial charge in [0.15, 0.2) is 15.7 Å². The molecule has 2 atom stereocenters. The number of sulfone groups is 1. The Bertz CT molecular complexity index is 1460. The predicted octanol–water partition coefficient (Wildman–Crippen LogP) is 3.22. The summed E-state index contributed by atoms with van der Waals surface area (Å²) in [6.45, 7) is 3.95. The molecule has 3 heterocycles. The zero-order valence-corrected chi connectivity index (χ0v) is 22.9. The predicted molar refractivity (Wildman–Crippen MR) is 140 cm³/mol. The highest BCUT2D eigenvalue weighted by Gasteiger charge is 2.33. The Hall–Kier alpha value is -2.93. The van der Waals surface area contributed by atoms with Crippen LogP contribution >= 0.6 is 11.6 Å². The number of methoxy groups -OCH3 is 2. The van der Waals surface area contributed by atoms with Gasteiger partial charge in [-0.2, -0.15) is 5.10 Å². The molecule has 3 aromatic heterocycles. The van der Waals surface area contributed by atoms with Gasteiger partial charge in [-0.3, -0.25) is 4.68 Å². The van der Waals surface area contributed by atoms with Gasteiger partial charge in [0.2, 0.25) is 0 Å². The molecule has 0 bridgehead atoms. The highest BCUT2D eigenvalue weighted by Crippen LogP contribution is 2.31. The maximum Gasteiger partial charge on any atom is 0.185 e. The number of ether oxygens (including phenoxy) is 2. The number of hydrogen-bond acceptors (Lipinski definition) is 9. The Morgan fingerprint density at radius 1 is 1.03 bits per heavy atom. The minimum Gasteiger partial charge on any atom is -0.382 e. The number of aromatic nitrogens is 7. The summed E-state index contributed by atoms with van der Waals surface area (Å²) in [5.74, 6) is 0.321. The molecule has 0 fully saturated rings. The van der Waals surface area contributed by atoms with Crippen molar-refractivity contribution < 1.29 is 17.9 Å². The standard InChI is InChI=1S/C24H30ClN7O4S/c1-15(23-26-10-17(25)11-27-23)16(2)37(33,34)14-21-28-29-24(32(21)18(12-35-4)13-36-5)22-19-8-6-7-9-20(19)31(3)30-22/h6-11,15-16,18H,12-14H2,1-5H3/t15-,16-/m0/s1. The third-order valence-electron chi connectivity index (χ3n) is 6.47. The molecule has 4 aromatic rings. The summed E-state index contributed by atoms with van der Waals surface area (Å²) in [5, 5.41) is 13.9. The molecule has 37 heavy (non-hydrogen) atoms. The van der Waals surface area contributed by atoms with Crippen molar-refractivity contribution in [3.05, 3.63) is 53.3 Å². The number of fused-ring (bicyclic) bond motifs is 1. The molecule has 0 aliphatic carbocycles. The topological polar surface area (TPSA) is 127 Å². The van der Waals surface area contributed by atoms with Gasteiger partial charge in [0, 0.05) is 45.0 Å². The minimum atomic E-state index is -3.71. The Kier molecular flexibility index (Phi) is 8.22. The molecule has 198 valence electrons. The lowest BCUT2D eigenvalue weighted by molar-refractivity contribution is 0.0889. The third kappa shape index (κ3) is 5.52. The number of benzene rings is 1. The van der Waals surface area contributed by atoms with Gasteiger partial charge in [-0.25, -0.2) is 18.4 Å². The summed E-state index contributed by atoms with van der Waals surface area (Å²) in [7, 11) is 1.30. The second-order valence-corrected chi connectivity index (χ2v) is 11.7. The average Bonchev–Trinajstić information content (AvgIpc) is 3.43. The Morgan fingerprint density at radius 3 is 2.32 bits per heavy atom. The van der Waals surface area contributed by atoms with Crippen molar-refractivity contribution in [2.75, 3.05) is 27.4 Å². The Morgan fingerprint density at radius 2 is 1.68 bits per heavy atom. The van der Waals surface area contributed by atoms with E-state index in [1.165, 1.54) is 12.4 Å². The van der Waals surface area contributed by atoms with Crippen molar-refractivity contribution in [2.24, 2.45) is 7.05 Å². The van der Waals surface area contributed by atoms with Gasteiger partial charge >= 0.3 is 0 Å². The fourth-order valence-electron chi connectivity index (χ4n) is 4.32. The molecular weight excluding hydrogens is 518 g/mol. The van der Waals surface area contributed by atoms with Crippen LogP contribution in [0, 0.1) is 0 Å². The molecule has 4 rings (SSSR count). The molecule has 0 amide bonds. The SMILES string of the molecule is COCC(COC)n1c(CS(=O)(=O)[C@@H](C)[C@H](C)c2ncc(Cl)cn2)nnc1-c1nn(C)c2ccccc12. The number of halogens is 1. The first-order valence-corrected chi connectivity index (χ1v) is 13.8. The van der Waals surface area contributed by atoms with Crippen LogP contribution in [-0.2, 0) is 32.1 Å². The van der Waals surface area contributed by atoms with Crippen LogP contribution in [0.15, 0.2) is 36.7 Å². The molecule has 13 heteroatoms. The first-order valence-electron chi connectivity index (χ1n) is 11.7. The lowest BCUT2D eigenvalue weighted by atomic mass is 10.1. The molecule has 0 spiro atoms. The van der Waals surface area contributed by atoms with E-state index in [1.807, 2.05) is 31.3 Å². The van der Waals surface area contributed by atoms with Crippen molar-refractivity contribution >= 4 is 32.3 Å². The van der Waals surface area contributed by atoms with Gasteiger partial charge in [0.05, 0.1) is 35.0 Å². The molecule has 1 aromatic carbocycles. The van der Waals surface area contributed by atoms with Gasteiger partial charge in [0.1, 0.15) is 23.1 Å². The van der Waals surface area contributed by atoms with Gasteiger partial charge < -0.3 is 14.0 Å². The normalized spacial score (nSPS) is 13.9. The van der Waals surface area contributed by atoms with Crippen molar-refractivity contribution in [3.8, 4) is 11.5 Å². The highest BCUT2D eigenvalue weighted by molar-refractivity contribution is 7.91. The van der Waals surface area contributed by atoms with E-state index in [4.69, 9.17) is 21.1 Å². The minimum absolute atomic E-state index is 0.265. The smallest absolute Gasteiger partial charge is 0.185 e. The first-order chi connectivity index (χ1) is 17.7. The van der Waals surface area contributed by atoms with E-state index in [0.29, 0.717) is 22.4 Å². The van der Waals surface area contributed by atoms with Crippen LogP contribution in [0.5, 0.6) is 0 Å². The number of nitrogens with zero attached hydrogens (tertiary/aromatic N) is 7. The number of rotatable bonds is 11. The Balaban J connectivity index is 1.77. The van der Waals surface area contributed by atoms with Gasteiger partial charge in [-0.1, -0.05) is 36.7 Å². The molecule has 0 N–H and O–H groups in total. The molecule has 11 nitrogen and oxygen atoms in total. The molecule has 0 aliphatic heterocycles. The number of para-hydroxylation sites is 1. The van der Waals surface area contributed by atoms with E-state index >= 15 is 0 Å². The highest BCUT2D eigenvalue weighted by atomic mass is 35.5. The van der Waals surface area contributed by atoms with E-state index < -0.39 is 21.0 Å². The fourth-order valence-corrected chi connectivity index (χ4v) is 5.98. The van der Waals surface area contributed by atoms with E-state index in [0.717, 1.165) is 10.9 Å². The maximum absolute atomic E-state index is 13.6. The van der Waals surface area contributed by atoms with Crippen LogP contribution in [0.4, 0.5) is 0 Å². The molecule has 0 unspecified atom stereocenters. The summed E-state index contributed by atoms with van der Waals surface area (Å²) in [5.41, 5.74) is 1.52. The maximum atomic E-state index is 13.6. The van der Waals surface area contributed by atoms with Crippen LogP contribution in [0.3, 0.4) is 0 Å². The average molecular weight is 548 g/mol. The quantitative estimate of drug-likeness (QED) is 0.278. The summed E-state index contributed by atoms with van der Waals surface area (Å²) < 4.78 is 41.6. The zero-order valence-electron chi connectivity index (χ0n) is 21.4. The number of hydrogen-bond donors (Lipinski definition) is 0. The van der Waals surface area contributed by atoms with E-state index in [1.54, 1.807) is 37.3 Å². The van der Waals surface area contributed by atoms with Gasteiger partial charge in [-0.15, -0.1) is 10.2 Å². The zero-order chi connectivity index (χ0) is 26.7. The van der Waals surface area contributed by atoms with Crippen LogP contribution in [-0.4, -0.2) is 75.6 Å². The molecule has 0 radical (unpaired) electrons.